The molecule has 0 aliphatic rings. The maximum absolute atomic E-state index is 4.56. The molecular formula is C17H26N6. The van der Waals surface area contributed by atoms with E-state index in [1.165, 1.54) is 0 Å². The molecule has 2 N–H and O–H groups in total. The van der Waals surface area contributed by atoms with Crippen molar-refractivity contribution in [2.75, 3.05) is 13.1 Å². The summed E-state index contributed by atoms with van der Waals surface area (Å²) in [6.07, 6.45) is 7.88. The van der Waals surface area contributed by atoms with Crippen molar-refractivity contribution in [2.45, 2.75) is 39.8 Å². The molecule has 0 saturated heterocycles. The highest BCUT2D eigenvalue weighted by Crippen LogP contribution is 1.99. The van der Waals surface area contributed by atoms with Crippen LogP contribution in [0, 0.1) is 6.92 Å². The molecule has 0 saturated carbocycles. The van der Waals surface area contributed by atoms with Gasteiger partial charge in [-0.05, 0) is 38.8 Å². The standard InChI is InChI=1S/C17H26N6/c1-3-18-17(22-14-16-8-4-5-9-20-16)21-10-6-7-12-23-13-11-19-15(23)2/h4-5,8-9,11,13H,3,6-7,10,12,14H2,1-2H3,(H2,18,21,22). The molecule has 0 aromatic carbocycles. The Balaban J connectivity index is 1.70. The van der Waals surface area contributed by atoms with Gasteiger partial charge in [0.2, 0.25) is 0 Å². The van der Waals surface area contributed by atoms with Crippen molar-refractivity contribution in [2.24, 2.45) is 4.99 Å². The number of aliphatic imine (C=N–C) groups is 1. The summed E-state index contributed by atoms with van der Waals surface area (Å²) in [5.41, 5.74) is 0.972. The van der Waals surface area contributed by atoms with Crippen LogP contribution in [0.1, 0.15) is 31.3 Å². The van der Waals surface area contributed by atoms with Gasteiger partial charge in [-0.2, -0.15) is 0 Å². The molecule has 0 unspecified atom stereocenters. The number of rotatable bonds is 8. The van der Waals surface area contributed by atoms with Gasteiger partial charge in [-0.3, -0.25) is 4.98 Å². The van der Waals surface area contributed by atoms with Gasteiger partial charge in [0.05, 0.1) is 12.2 Å². The predicted octanol–water partition coefficient (Wildman–Crippen LogP) is 2.12. The molecule has 6 heteroatoms. The predicted molar refractivity (Wildman–Crippen MR) is 93.3 cm³/mol. The Morgan fingerprint density at radius 2 is 2.09 bits per heavy atom. The third-order valence-electron chi connectivity index (χ3n) is 3.51. The topological polar surface area (TPSA) is 67.1 Å². The summed E-state index contributed by atoms with van der Waals surface area (Å²) < 4.78 is 2.18. The van der Waals surface area contributed by atoms with Crippen LogP contribution in [0.25, 0.3) is 0 Å². The van der Waals surface area contributed by atoms with Gasteiger partial charge in [0.1, 0.15) is 5.82 Å². The molecule has 23 heavy (non-hydrogen) atoms. The highest BCUT2D eigenvalue weighted by Gasteiger charge is 1.99. The third kappa shape index (κ3) is 6.10. The second-order valence-electron chi connectivity index (χ2n) is 5.32. The Hall–Kier alpha value is -2.37. The molecule has 124 valence electrons. The second kappa shape index (κ2) is 9.61. The van der Waals surface area contributed by atoms with Gasteiger partial charge in [-0.1, -0.05) is 6.07 Å². The van der Waals surface area contributed by atoms with Crippen LogP contribution in [0.5, 0.6) is 0 Å². The Bertz CT molecular complexity index is 590. The van der Waals surface area contributed by atoms with Crippen LogP contribution in [-0.2, 0) is 13.1 Å². The van der Waals surface area contributed by atoms with Crippen molar-refractivity contribution in [3.8, 4) is 0 Å². The van der Waals surface area contributed by atoms with Crippen molar-refractivity contribution in [1.82, 2.24) is 25.2 Å². The molecule has 0 aliphatic heterocycles. The molecule has 0 atom stereocenters. The molecule has 0 bridgehead atoms. The Morgan fingerprint density at radius 1 is 1.17 bits per heavy atom. The number of aryl methyl sites for hydroxylation is 2. The van der Waals surface area contributed by atoms with Gasteiger partial charge >= 0.3 is 0 Å². The molecule has 0 spiro atoms. The summed E-state index contributed by atoms with van der Waals surface area (Å²) in [4.78, 5) is 13.1. The lowest BCUT2D eigenvalue weighted by Crippen LogP contribution is -2.37. The number of unbranched alkanes of at least 4 members (excludes halogenated alkanes) is 1. The highest BCUT2D eigenvalue weighted by atomic mass is 15.2. The first kappa shape index (κ1) is 17.0. The molecule has 2 rings (SSSR count). The fraction of sp³-hybridized carbons (Fsp3) is 0.471. The molecule has 2 aromatic heterocycles. The smallest absolute Gasteiger partial charge is 0.191 e. The van der Waals surface area contributed by atoms with E-state index in [9.17, 15) is 0 Å². The van der Waals surface area contributed by atoms with Crippen LogP contribution in [0.3, 0.4) is 0 Å². The van der Waals surface area contributed by atoms with E-state index in [0.29, 0.717) is 6.54 Å². The number of aromatic nitrogens is 3. The molecule has 0 radical (unpaired) electrons. The van der Waals surface area contributed by atoms with Crippen molar-refractivity contribution >= 4 is 5.96 Å². The minimum atomic E-state index is 0.588. The summed E-state index contributed by atoms with van der Waals surface area (Å²) >= 11 is 0. The zero-order valence-electron chi connectivity index (χ0n) is 14.0. The summed E-state index contributed by atoms with van der Waals surface area (Å²) in [6.45, 7) is 7.45. The van der Waals surface area contributed by atoms with Crippen LogP contribution < -0.4 is 10.6 Å². The van der Waals surface area contributed by atoms with Gasteiger partial charge in [0.25, 0.3) is 0 Å². The average molecular weight is 314 g/mol. The molecule has 0 fully saturated rings. The lowest BCUT2D eigenvalue weighted by molar-refractivity contribution is 0.588. The van der Waals surface area contributed by atoms with Gasteiger partial charge in [0, 0.05) is 38.2 Å². The molecule has 0 aliphatic carbocycles. The van der Waals surface area contributed by atoms with Crippen molar-refractivity contribution in [3.05, 3.63) is 48.3 Å². The van der Waals surface area contributed by atoms with E-state index < -0.39 is 0 Å². The largest absolute Gasteiger partial charge is 0.357 e. The number of pyridine rings is 1. The van der Waals surface area contributed by atoms with Crippen LogP contribution >= 0.6 is 0 Å². The Labute approximate surface area is 138 Å². The zero-order valence-corrected chi connectivity index (χ0v) is 14.0. The van der Waals surface area contributed by atoms with Gasteiger partial charge in [0.15, 0.2) is 5.96 Å². The Kier molecular flexibility index (Phi) is 7.10. The van der Waals surface area contributed by atoms with E-state index in [-0.39, 0.29) is 0 Å². The fourth-order valence-corrected chi connectivity index (χ4v) is 2.25. The van der Waals surface area contributed by atoms with Crippen molar-refractivity contribution in [3.63, 3.8) is 0 Å². The maximum Gasteiger partial charge on any atom is 0.191 e. The van der Waals surface area contributed by atoms with E-state index in [2.05, 4.69) is 37.1 Å². The number of nitrogens with one attached hydrogen (secondary N) is 2. The quantitative estimate of drug-likeness (QED) is 0.445. The Morgan fingerprint density at radius 3 is 2.78 bits per heavy atom. The van der Waals surface area contributed by atoms with E-state index in [4.69, 9.17) is 0 Å². The van der Waals surface area contributed by atoms with E-state index in [1.54, 1.807) is 6.20 Å². The fourth-order valence-electron chi connectivity index (χ4n) is 2.25. The molecule has 2 aromatic rings. The van der Waals surface area contributed by atoms with Crippen LogP contribution in [0.4, 0.5) is 0 Å². The average Bonchev–Trinajstić information content (AvgIpc) is 2.98. The summed E-state index contributed by atoms with van der Waals surface area (Å²) in [6, 6.07) is 5.88. The third-order valence-corrected chi connectivity index (χ3v) is 3.51. The van der Waals surface area contributed by atoms with Crippen LogP contribution in [-0.4, -0.2) is 33.6 Å². The van der Waals surface area contributed by atoms with E-state index in [0.717, 1.165) is 50.0 Å². The summed E-state index contributed by atoms with van der Waals surface area (Å²) in [5, 5.41) is 6.63. The molecule has 2 heterocycles. The maximum atomic E-state index is 4.56. The summed E-state index contributed by atoms with van der Waals surface area (Å²) in [7, 11) is 0. The minimum Gasteiger partial charge on any atom is -0.357 e. The van der Waals surface area contributed by atoms with Crippen LogP contribution in [0.2, 0.25) is 0 Å². The van der Waals surface area contributed by atoms with Gasteiger partial charge in [-0.15, -0.1) is 0 Å². The molecule has 0 amide bonds. The number of imidazole rings is 1. The zero-order chi connectivity index (χ0) is 16.3. The van der Waals surface area contributed by atoms with E-state index >= 15 is 0 Å². The summed E-state index contributed by atoms with van der Waals surface area (Å²) in [5.74, 6) is 1.92. The lowest BCUT2D eigenvalue weighted by atomic mass is 10.3. The van der Waals surface area contributed by atoms with Crippen LogP contribution in [0.15, 0.2) is 41.8 Å². The number of hydrogen-bond donors (Lipinski definition) is 2. The van der Waals surface area contributed by atoms with E-state index in [1.807, 2.05) is 37.5 Å². The van der Waals surface area contributed by atoms with Gasteiger partial charge in [-0.25, -0.2) is 9.98 Å². The SMILES string of the molecule is CCNC(=NCc1ccccn1)NCCCCn1ccnc1C. The van der Waals surface area contributed by atoms with Crippen molar-refractivity contribution in [1.29, 1.82) is 0 Å². The second-order valence-corrected chi connectivity index (χ2v) is 5.32. The first-order valence-electron chi connectivity index (χ1n) is 8.19. The highest BCUT2D eigenvalue weighted by molar-refractivity contribution is 5.79. The first-order chi connectivity index (χ1) is 11.3. The monoisotopic (exact) mass is 314 g/mol. The number of nitrogens with zero attached hydrogens (tertiary/aromatic N) is 4. The van der Waals surface area contributed by atoms with Crippen molar-refractivity contribution < 1.29 is 0 Å². The lowest BCUT2D eigenvalue weighted by Gasteiger charge is -2.11. The minimum absolute atomic E-state index is 0.588. The number of guanidine groups is 1. The first-order valence-corrected chi connectivity index (χ1v) is 8.19. The molecular weight excluding hydrogens is 288 g/mol. The normalized spacial score (nSPS) is 11.5. The molecule has 6 nitrogen and oxygen atoms in total. The van der Waals surface area contributed by atoms with Gasteiger partial charge < -0.3 is 15.2 Å². The number of hydrogen-bond acceptors (Lipinski definition) is 3.